The molecule has 0 saturated carbocycles. The van der Waals surface area contributed by atoms with Crippen LogP contribution in [0.25, 0.3) is 0 Å². The van der Waals surface area contributed by atoms with Crippen molar-refractivity contribution < 1.29 is 14.6 Å². The predicted molar refractivity (Wildman–Crippen MR) is 76.7 cm³/mol. The van der Waals surface area contributed by atoms with Crippen molar-refractivity contribution in [1.29, 1.82) is 0 Å². The van der Waals surface area contributed by atoms with Gasteiger partial charge in [-0.25, -0.2) is 0 Å². The third-order valence-corrected chi connectivity index (χ3v) is 3.38. The Morgan fingerprint density at radius 3 is 2.65 bits per heavy atom. The Kier molecular flexibility index (Phi) is 5.83. The van der Waals surface area contributed by atoms with Crippen molar-refractivity contribution in [2.45, 2.75) is 12.8 Å². The van der Waals surface area contributed by atoms with Crippen molar-refractivity contribution in [3.8, 4) is 5.75 Å². The number of hydrogen-bond donors (Lipinski definition) is 2. The first-order chi connectivity index (χ1) is 9.74. The van der Waals surface area contributed by atoms with Crippen molar-refractivity contribution >= 4 is 5.91 Å². The molecule has 1 saturated heterocycles. The second-order valence-corrected chi connectivity index (χ2v) is 5.00. The number of carbonyl (C=O) groups excluding carboxylic acids is 1. The largest absolute Gasteiger partial charge is 0.508 e. The molecule has 2 rings (SSSR count). The Morgan fingerprint density at radius 2 is 1.95 bits per heavy atom. The number of phenolic OH excluding ortho intramolecular Hbond substituents is 1. The molecule has 0 aliphatic carbocycles. The van der Waals surface area contributed by atoms with E-state index in [-0.39, 0.29) is 11.7 Å². The number of hydrogen-bond acceptors (Lipinski definition) is 4. The standard InChI is InChI=1S/C15H22N2O3/c18-14-4-2-13(3-5-14)12-15(19)16-6-1-7-17-8-10-20-11-9-17/h2-5,18H,1,6-12H2,(H,16,19). The smallest absolute Gasteiger partial charge is 0.224 e. The first-order valence-electron chi connectivity index (χ1n) is 7.09. The van der Waals surface area contributed by atoms with E-state index in [2.05, 4.69) is 10.2 Å². The van der Waals surface area contributed by atoms with Gasteiger partial charge in [0.25, 0.3) is 0 Å². The number of aromatic hydroxyl groups is 1. The highest BCUT2D eigenvalue weighted by atomic mass is 16.5. The lowest BCUT2D eigenvalue weighted by Gasteiger charge is -2.26. The van der Waals surface area contributed by atoms with E-state index in [1.165, 1.54) is 0 Å². The van der Waals surface area contributed by atoms with Gasteiger partial charge >= 0.3 is 0 Å². The summed E-state index contributed by atoms with van der Waals surface area (Å²) in [6.45, 7) is 5.31. The minimum absolute atomic E-state index is 0.0256. The summed E-state index contributed by atoms with van der Waals surface area (Å²) in [5.41, 5.74) is 0.911. The Morgan fingerprint density at radius 1 is 1.25 bits per heavy atom. The van der Waals surface area contributed by atoms with Crippen LogP contribution >= 0.6 is 0 Å². The molecule has 110 valence electrons. The number of carbonyl (C=O) groups is 1. The molecular weight excluding hydrogens is 256 g/mol. The van der Waals surface area contributed by atoms with Crippen molar-refractivity contribution in [3.63, 3.8) is 0 Å². The fourth-order valence-corrected chi connectivity index (χ4v) is 2.22. The second-order valence-electron chi connectivity index (χ2n) is 5.00. The lowest BCUT2D eigenvalue weighted by atomic mass is 10.1. The summed E-state index contributed by atoms with van der Waals surface area (Å²) in [6, 6.07) is 6.73. The van der Waals surface area contributed by atoms with E-state index in [0.29, 0.717) is 13.0 Å². The average molecular weight is 278 g/mol. The molecule has 1 aromatic carbocycles. The molecule has 0 aromatic heterocycles. The normalized spacial score (nSPS) is 16.0. The van der Waals surface area contributed by atoms with Gasteiger partial charge in [-0.3, -0.25) is 9.69 Å². The van der Waals surface area contributed by atoms with Crippen LogP contribution in [-0.4, -0.2) is 55.3 Å². The number of nitrogens with one attached hydrogen (secondary N) is 1. The van der Waals surface area contributed by atoms with Crippen LogP contribution in [0.1, 0.15) is 12.0 Å². The van der Waals surface area contributed by atoms with E-state index >= 15 is 0 Å². The van der Waals surface area contributed by atoms with Crippen molar-refractivity contribution in [2.24, 2.45) is 0 Å². The Labute approximate surface area is 119 Å². The number of morpholine rings is 1. The molecule has 0 atom stereocenters. The van der Waals surface area contributed by atoms with Gasteiger partial charge in [-0.1, -0.05) is 12.1 Å². The van der Waals surface area contributed by atoms with Gasteiger partial charge in [0.2, 0.25) is 5.91 Å². The number of rotatable bonds is 6. The zero-order valence-corrected chi connectivity index (χ0v) is 11.7. The van der Waals surface area contributed by atoms with Crippen LogP contribution in [0.2, 0.25) is 0 Å². The Hall–Kier alpha value is -1.59. The van der Waals surface area contributed by atoms with Gasteiger partial charge in [0.15, 0.2) is 0 Å². The molecule has 5 heteroatoms. The number of phenols is 1. The second kappa shape index (κ2) is 7.87. The highest BCUT2D eigenvalue weighted by Crippen LogP contribution is 2.09. The fourth-order valence-electron chi connectivity index (χ4n) is 2.22. The third kappa shape index (κ3) is 5.19. The monoisotopic (exact) mass is 278 g/mol. The number of ether oxygens (including phenoxy) is 1. The molecule has 1 amide bonds. The zero-order chi connectivity index (χ0) is 14.2. The molecule has 0 radical (unpaired) electrons. The van der Waals surface area contributed by atoms with Gasteiger partial charge in [-0.05, 0) is 30.7 Å². The van der Waals surface area contributed by atoms with Crippen LogP contribution in [0, 0.1) is 0 Å². The summed E-state index contributed by atoms with van der Waals surface area (Å²) in [4.78, 5) is 14.1. The fraction of sp³-hybridized carbons (Fsp3) is 0.533. The van der Waals surface area contributed by atoms with Crippen LogP contribution in [0.3, 0.4) is 0 Å². The van der Waals surface area contributed by atoms with Gasteiger partial charge in [-0.2, -0.15) is 0 Å². The molecule has 1 fully saturated rings. The van der Waals surface area contributed by atoms with Crippen LogP contribution in [0.5, 0.6) is 5.75 Å². The molecule has 0 spiro atoms. The Balaban J connectivity index is 1.59. The molecule has 5 nitrogen and oxygen atoms in total. The average Bonchev–Trinajstić information content (AvgIpc) is 2.47. The molecule has 20 heavy (non-hydrogen) atoms. The van der Waals surface area contributed by atoms with Crippen LogP contribution in [-0.2, 0) is 16.0 Å². The summed E-state index contributed by atoms with van der Waals surface area (Å²) in [6.07, 6.45) is 1.32. The number of benzene rings is 1. The highest BCUT2D eigenvalue weighted by Gasteiger charge is 2.09. The van der Waals surface area contributed by atoms with Gasteiger partial charge in [0.1, 0.15) is 5.75 Å². The zero-order valence-electron chi connectivity index (χ0n) is 11.7. The highest BCUT2D eigenvalue weighted by molar-refractivity contribution is 5.78. The SMILES string of the molecule is O=C(Cc1ccc(O)cc1)NCCCN1CCOCC1. The first kappa shape index (κ1) is 14.8. The van der Waals surface area contributed by atoms with Crippen LogP contribution < -0.4 is 5.32 Å². The number of nitrogens with zero attached hydrogens (tertiary/aromatic N) is 1. The molecule has 1 aliphatic heterocycles. The number of amides is 1. The minimum atomic E-state index is 0.0256. The third-order valence-electron chi connectivity index (χ3n) is 3.38. The lowest BCUT2D eigenvalue weighted by Crippen LogP contribution is -2.38. The maximum Gasteiger partial charge on any atom is 0.224 e. The van der Waals surface area contributed by atoms with E-state index in [9.17, 15) is 9.90 Å². The van der Waals surface area contributed by atoms with Crippen molar-refractivity contribution in [1.82, 2.24) is 10.2 Å². The van der Waals surface area contributed by atoms with Gasteiger partial charge in [0.05, 0.1) is 19.6 Å². The lowest BCUT2D eigenvalue weighted by molar-refractivity contribution is -0.120. The predicted octanol–water partition coefficient (Wildman–Crippen LogP) is 0.773. The molecule has 1 heterocycles. The molecule has 0 bridgehead atoms. The maximum atomic E-state index is 11.7. The minimum Gasteiger partial charge on any atom is -0.508 e. The van der Waals surface area contributed by atoms with E-state index < -0.39 is 0 Å². The molecule has 1 aromatic rings. The van der Waals surface area contributed by atoms with Gasteiger partial charge < -0.3 is 15.2 Å². The van der Waals surface area contributed by atoms with Gasteiger partial charge in [0, 0.05) is 19.6 Å². The summed E-state index contributed by atoms with van der Waals surface area (Å²) >= 11 is 0. The van der Waals surface area contributed by atoms with E-state index in [1.807, 2.05) is 0 Å². The van der Waals surface area contributed by atoms with Crippen molar-refractivity contribution in [3.05, 3.63) is 29.8 Å². The quantitative estimate of drug-likeness (QED) is 0.755. The van der Waals surface area contributed by atoms with E-state index in [0.717, 1.165) is 44.8 Å². The summed E-state index contributed by atoms with van der Waals surface area (Å²) < 4.78 is 5.29. The van der Waals surface area contributed by atoms with E-state index in [1.54, 1.807) is 24.3 Å². The molecular formula is C15H22N2O3. The summed E-state index contributed by atoms with van der Waals surface area (Å²) in [5, 5.41) is 12.1. The topological polar surface area (TPSA) is 61.8 Å². The maximum absolute atomic E-state index is 11.7. The van der Waals surface area contributed by atoms with Crippen LogP contribution in [0.15, 0.2) is 24.3 Å². The molecule has 1 aliphatic rings. The summed E-state index contributed by atoms with van der Waals surface area (Å²) in [7, 11) is 0. The van der Waals surface area contributed by atoms with Crippen molar-refractivity contribution in [2.75, 3.05) is 39.4 Å². The van der Waals surface area contributed by atoms with E-state index in [4.69, 9.17) is 4.74 Å². The first-order valence-corrected chi connectivity index (χ1v) is 7.09. The van der Waals surface area contributed by atoms with Gasteiger partial charge in [-0.15, -0.1) is 0 Å². The Bertz CT molecular complexity index is 414. The molecule has 2 N–H and O–H groups in total. The van der Waals surface area contributed by atoms with Crippen LogP contribution in [0.4, 0.5) is 0 Å². The summed E-state index contributed by atoms with van der Waals surface area (Å²) in [5.74, 6) is 0.248. The molecule has 0 unspecified atom stereocenters.